The van der Waals surface area contributed by atoms with Crippen LogP contribution in [-0.2, 0) is 0 Å². The van der Waals surface area contributed by atoms with Gasteiger partial charge >= 0.3 is 0 Å². The minimum atomic E-state index is -0.420. The lowest BCUT2D eigenvalue weighted by Gasteiger charge is -2.04. The number of nitrogens with zero attached hydrogens (tertiary/aromatic N) is 4. The van der Waals surface area contributed by atoms with Gasteiger partial charge in [-0.05, 0) is 19.9 Å². The fraction of sp³-hybridized carbons (Fsp3) is 0.333. The van der Waals surface area contributed by atoms with Gasteiger partial charge in [0, 0.05) is 18.2 Å². The first-order chi connectivity index (χ1) is 7.09. The molecule has 6 heteroatoms. The lowest BCUT2D eigenvalue weighted by atomic mass is 10.2. The molecule has 2 aromatic rings. The number of rotatable bonds is 2. The molecule has 0 N–H and O–H groups in total. The molecule has 0 fully saturated rings. The van der Waals surface area contributed by atoms with Gasteiger partial charge in [-0.25, -0.2) is 4.68 Å². The highest BCUT2D eigenvalue weighted by atomic mass is 16.6. The lowest BCUT2D eigenvalue weighted by molar-refractivity contribution is -0.384. The summed E-state index contributed by atoms with van der Waals surface area (Å²) in [4.78, 5) is 10.2. The molecule has 0 saturated heterocycles. The average molecular weight is 206 g/mol. The highest BCUT2D eigenvalue weighted by Gasteiger charge is 2.12. The zero-order chi connectivity index (χ0) is 11.0. The van der Waals surface area contributed by atoms with Crippen molar-refractivity contribution in [1.29, 1.82) is 0 Å². The zero-order valence-corrected chi connectivity index (χ0v) is 8.41. The lowest BCUT2D eigenvalue weighted by Crippen LogP contribution is -2.02. The highest BCUT2D eigenvalue weighted by molar-refractivity contribution is 5.77. The van der Waals surface area contributed by atoms with Crippen molar-refractivity contribution in [2.24, 2.45) is 0 Å². The van der Waals surface area contributed by atoms with E-state index in [0.29, 0.717) is 11.0 Å². The molecule has 0 bridgehead atoms. The Kier molecular flexibility index (Phi) is 2.11. The van der Waals surface area contributed by atoms with Crippen molar-refractivity contribution in [3.63, 3.8) is 0 Å². The summed E-state index contributed by atoms with van der Waals surface area (Å²) in [5.41, 5.74) is 1.43. The third kappa shape index (κ3) is 1.54. The third-order valence-corrected chi connectivity index (χ3v) is 2.15. The summed E-state index contributed by atoms with van der Waals surface area (Å²) in [6.45, 7) is 3.90. The van der Waals surface area contributed by atoms with Gasteiger partial charge in [-0.3, -0.25) is 10.1 Å². The molecule has 0 aliphatic rings. The number of nitro benzene ring substituents is 1. The smallest absolute Gasteiger partial charge is 0.258 e. The molecule has 6 nitrogen and oxygen atoms in total. The number of fused-ring (bicyclic) bond motifs is 1. The molecular formula is C9H10N4O2. The van der Waals surface area contributed by atoms with Crippen LogP contribution in [0.25, 0.3) is 11.0 Å². The van der Waals surface area contributed by atoms with Gasteiger partial charge in [-0.15, -0.1) is 5.10 Å². The van der Waals surface area contributed by atoms with E-state index in [2.05, 4.69) is 10.3 Å². The number of benzene rings is 1. The quantitative estimate of drug-likeness (QED) is 0.555. The molecule has 0 radical (unpaired) electrons. The number of aromatic nitrogens is 3. The van der Waals surface area contributed by atoms with Crippen LogP contribution in [-0.4, -0.2) is 19.9 Å². The molecule has 78 valence electrons. The van der Waals surface area contributed by atoms with E-state index in [-0.39, 0.29) is 11.7 Å². The van der Waals surface area contributed by atoms with E-state index in [9.17, 15) is 10.1 Å². The minimum Gasteiger partial charge on any atom is -0.258 e. The van der Waals surface area contributed by atoms with Crippen molar-refractivity contribution in [3.8, 4) is 0 Å². The van der Waals surface area contributed by atoms with E-state index >= 15 is 0 Å². The van der Waals surface area contributed by atoms with Crippen LogP contribution in [0.1, 0.15) is 19.9 Å². The topological polar surface area (TPSA) is 73.8 Å². The van der Waals surface area contributed by atoms with Gasteiger partial charge in [0.15, 0.2) is 0 Å². The first kappa shape index (κ1) is 9.57. The molecule has 0 atom stereocenters. The number of hydrogen-bond donors (Lipinski definition) is 0. The van der Waals surface area contributed by atoms with Crippen LogP contribution in [0, 0.1) is 10.1 Å². The van der Waals surface area contributed by atoms with Crippen molar-refractivity contribution in [3.05, 3.63) is 28.3 Å². The molecule has 1 heterocycles. The molecule has 0 spiro atoms. The van der Waals surface area contributed by atoms with Gasteiger partial charge in [0.1, 0.15) is 5.52 Å². The summed E-state index contributed by atoms with van der Waals surface area (Å²) in [5.74, 6) is 0. The number of nitro groups is 1. The summed E-state index contributed by atoms with van der Waals surface area (Å²) >= 11 is 0. The van der Waals surface area contributed by atoms with Gasteiger partial charge in [-0.1, -0.05) is 5.21 Å². The Morgan fingerprint density at radius 2 is 2.20 bits per heavy atom. The summed E-state index contributed by atoms with van der Waals surface area (Å²) in [7, 11) is 0. The van der Waals surface area contributed by atoms with E-state index in [1.807, 2.05) is 13.8 Å². The number of non-ortho nitro benzene ring substituents is 1. The first-order valence-electron chi connectivity index (χ1n) is 4.59. The van der Waals surface area contributed by atoms with Gasteiger partial charge in [0.2, 0.25) is 0 Å². The molecule has 1 aromatic carbocycles. The van der Waals surface area contributed by atoms with Crippen LogP contribution >= 0.6 is 0 Å². The van der Waals surface area contributed by atoms with Crippen LogP contribution in [0.15, 0.2) is 18.2 Å². The van der Waals surface area contributed by atoms with Crippen molar-refractivity contribution >= 4 is 16.7 Å². The highest BCUT2D eigenvalue weighted by Crippen LogP contribution is 2.20. The third-order valence-electron chi connectivity index (χ3n) is 2.15. The van der Waals surface area contributed by atoms with Crippen LogP contribution in [0.5, 0.6) is 0 Å². The molecular weight excluding hydrogens is 196 g/mol. The Morgan fingerprint density at radius 1 is 1.47 bits per heavy atom. The van der Waals surface area contributed by atoms with Crippen LogP contribution in [0.4, 0.5) is 5.69 Å². The summed E-state index contributed by atoms with van der Waals surface area (Å²) in [6, 6.07) is 4.67. The molecule has 2 rings (SSSR count). The molecule has 0 aliphatic carbocycles. The van der Waals surface area contributed by atoms with E-state index in [4.69, 9.17) is 0 Å². The monoisotopic (exact) mass is 206 g/mol. The molecule has 1 aromatic heterocycles. The van der Waals surface area contributed by atoms with Crippen molar-refractivity contribution < 1.29 is 4.92 Å². The van der Waals surface area contributed by atoms with Crippen molar-refractivity contribution in [1.82, 2.24) is 15.0 Å². The Balaban J connectivity index is 2.66. The maximum atomic E-state index is 10.6. The Morgan fingerprint density at radius 3 is 2.80 bits per heavy atom. The van der Waals surface area contributed by atoms with E-state index in [1.54, 1.807) is 10.7 Å². The van der Waals surface area contributed by atoms with Crippen LogP contribution in [0.3, 0.4) is 0 Å². The molecule has 0 amide bonds. The maximum Gasteiger partial charge on any atom is 0.271 e. The van der Waals surface area contributed by atoms with Crippen molar-refractivity contribution in [2.75, 3.05) is 0 Å². The summed E-state index contributed by atoms with van der Waals surface area (Å²) in [6.07, 6.45) is 0. The second-order valence-corrected chi connectivity index (χ2v) is 3.56. The average Bonchev–Trinajstić information content (AvgIpc) is 2.59. The summed E-state index contributed by atoms with van der Waals surface area (Å²) in [5, 5.41) is 18.5. The van der Waals surface area contributed by atoms with Crippen molar-refractivity contribution in [2.45, 2.75) is 19.9 Å². The molecule has 0 unspecified atom stereocenters. The maximum absolute atomic E-state index is 10.6. The van der Waals surface area contributed by atoms with E-state index < -0.39 is 4.92 Å². The second kappa shape index (κ2) is 3.30. The van der Waals surface area contributed by atoms with Crippen LogP contribution < -0.4 is 0 Å². The zero-order valence-electron chi connectivity index (χ0n) is 8.41. The van der Waals surface area contributed by atoms with Gasteiger partial charge in [-0.2, -0.15) is 0 Å². The molecule has 15 heavy (non-hydrogen) atoms. The SMILES string of the molecule is CC(C)n1nnc2ccc([N+](=O)[O-])cc21. The van der Waals surface area contributed by atoms with Gasteiger partial charge in [0.05, 0.1) is 10.4 Å². The molecule has 0 saturated carbocycles. The first-order valence-corrected chi connectivity index (χ1v) is 4.59. The summed E-state index contributed by atoms with van der Waals surface area (Å²) < 4.78 is 1.67. The Hall–Kier alpha value is -1.98. The molecule has 0 aliphatic heterocycles. The standard InChI is InChI=1S/C9H10N4O2/c1-6(2)12-9-5-7(13(14)15)3-4-8(9)10-11-12/h3-6H,1-2H3. The normalized spacial score (nSPS) is 11.1. The minimum absolute atomic E-state index is 0.0618. The Labute approximate surface area is 85.7 Å². The van der Waals surface area contributed by atoms with Crippen LogP contribution in [0.2, 0.25) is 0 Å². The van der Waals surface area contributed by atoms with E-state index in [1.165, 1.54) is 12.1 Å². The number of hydrogen-bond acceptors (Lipinski definition) is 4. The van der Waals surface area contributed by atoms with Gasteiger partial charge < -0.3 is 0 Å². The fourth-order valence-electron chi connectivity index (χ4n) is 1.42. The fourth-order valence-corrected chi connectivity index (χ4v) is 1.42. The Bertz CT molecular complexity index is 518. The predicted molar refractivity (Wildman–Crippen MR) is 54.6 cm³/mol. The van der Waals surface area contributed by atoms with E-state index in [0.717, 1.165) is 0 Å². The second-order valence-electron chi connectivity index (χ2n) is 3.56. The van der Waals surface area contributed by atoms with Gasteiger partial charge in [0.25, 0.3) is 5.69 Å². The largest absolute Gasteiger partial charge is 0.271 e. The predicted octanol–water partition coefficient (Wildman–Crippen LogP) is 1.92.